The van der Waals surface area contributed by atoms with Crippen LogP contribution in [0.1, 0.15) is 25.0 Å². The van der Waals surface area contributed by atoms with Crippen LogP contribution in [0.4, 0.5) is 5.82 Å². The molecule has 2 aromatic rings. The largest absolute Gasteiger partial charge is 0.444 e. The molecular weight excluding hydrogens is 372 g/mol. The number of hydrogen-bond acceptors (Lipinski definition) is 6. The van der Waals surface area contributed by atoms with Gasteiger partial charge in [-0.3, -0.25) is 4.90 Å². The lowest BCUT2D eigenvalue weighted by Gasteiger charge is -2.32. The van der Waals surface area contributed by atoms with Crippen molar-refractivity contribution in [3.8, 4) is 6.07 Å². The molecule has 0 bridgehead atoms. The number of rotatable bonds is 3. The van der Waals surface area contributed by atoms with E-state index >= 15 is 0 Å². The summed E-state index contributed by atoms with van der Waals surface area (Å²) in [6.45, 7) is 3.77. The third-order valence-electron chi connectivity index (χ3n) is 4.93. The van der Waals surface area contributed by atoms with Gasteiger partial charge in [-0.15, -0.1) is 0 Å². The second kappa shape index (κ2) is 6.71. The molecule has 2 fully saturated rings. The van der Waals surface area contributed by atoms with Gasteiger partial charge in [0.1, 0.15) is 11.9 Å². The fourth-order valence-corrected chi connectivity index (χ4v) is 4.22. The molecule has 1 saturated carbocycles. The zero-order valence-corrected chi connectivity index (χ0v) is 14.9. The van der Waals surface area contributed by atoms with Gasteiger partial charge >= 0.3 is 0 Å². The van der Waals surface area contributed by atoms with E-state index in [1.165, 1.54) is 6.42 Å². The first-order chi connectivity index (χ1) is 11.7. The second-order valence-corrected chi connectivity index (χ2v) is 7.17. The molecule has 0 aromatic carbocycles. The smallest absolute Gasteiger partial charge is 0.204 e. The number of nitrogens with zero attached hydrogens (tertiary/aromatic N) is 3. The third-order valence-corrected chi connectivity index (χ3v) is 5.74. The van der Waals surface area contributed by atoms with Gasteiger partial charge in [0.2, 0.25) is 5.76 Å². The molecule has 0 radical (unpaired) electrons. The molecule has 24 heavy (non-hydrogen) atoms. The normalized spacial score (nSPS) is 25.0. The first-order valence-electron chi connectivity index (χ1n) is 8.31. The molecule has 0 spiro atoms. The Bertz CT molecular complexity index is 779. The highest BCUT2D eigenvalue weighted by Gasteiger charge is 2.30. The number of furan rings is 1. The number of nitriles is 1. The van der Waals surface area contributed by atoms with Crippen molar-refractivity contribution in [2.45, 2.75) is 31.3 Å². The summed E-state index contributed by atoms with van der Waals surface area (Å²) in [6.07, 6.45) is 5.16. The highest BCUT2D eigenvalue weighted by molar-refractivity contribution is 9.10. The molecule has 1 N–H and O–H groups in total. The van der Waals surface area contributed by atoms with Crippen LogP contribution in [0.3, 0.4) is 0 Å². The van der Waals surface area contributed by atoms with Crippen molar-refractivity contribution in [1.82, 2.24) is 9.88 Å². The van der Waals surface area contributed by atoms with Crippen LogP contribution in [0.2, 0.25) is 0 Å². The molecule has 126 valence electrons. The first kappa shape index (κ1) is 15.9. The monoisotopic (exact) mass is 390 g/mol. The van der Waals surface area contributed by atoms with E-state index < -0.39 is 0 Å². The summed E-state index contributed by atoms with van der Waals surface area (Å²) in [6, 6.07) is 4.82. The summed E-state index contributed by atoms with van der Waals surface area (Å²) in [5, 5.41) is 13.4. The molecule has 2 atom stereocenters. The number of pyridine rings is 1. The van der Waals surface area contributed by atoms with Gasteiger partial charge < -0.3 is 14.5 Å². The number of aromatic nitrogens is 1. The predicted octanol–water partition coefficient (Wildman–Crippen LogP) is 3.13. The Morgan fingerprint density at radius 2 is 2.17 bits per heavy atom. The van der Waals surface area contributed by atoms with E-state index in [1.54, 1.807) is 12.3 Å². The highest BCUT2D eigenvalue weighted by Crippen LogP contribution is 2.34. The lowest BCUT2D eigenvalue weighted by Crippen LogP contribution is -2.42. The van der Waals surface area contributed by atoms with Crippen LogP contribution in [0.5, 0.6) is 0 Å². The van der Waals surface area contributed by atoms with Gasteiger partial charge in [-0.05, 0) is 35.2 Å². The highest BCUT2D eigenvalue weighted by atomic mass is 79.9. The van der Waals surface area contributed by atoms with Crippen molar-refractivity contribution in [2.24, 2.45) is 0 Å². The van der Waals surface area contributed by atoms with Crippen molar-refractivity contribution in [3.63, 3.8) is 0 Å². The fourth-order valence-electron chi connectivity index (χ4n) is 3.69. The topological polar surface area (TPSA) is 74.3 Å². The van der Waals surface area contributed by atoms with Gasteiger partial charge in [0.25, 0.3) is 0 Å². The van der Waals surface area contributed by atoms with Crippen LogP contribution in [0, 0.1) is 11.3 Å². The van der Waals surface area contributed by atoms with Crippen LogP contribution in [0.25, 0.3) is 11.0 Å². The Labute approximate surface area is 148 Å². The van der Waals surface area contributed by atoms with E-state index in [0.29, 0.717) is 23.4 Å². The number of morpholine rings is 1. The number of fused-ring (bicyclic) bond motifs is 1. The minimum atomic E-state index is 0.304. The Morgan fingerprint density at radius 1 is 1.33 bits per heavy atom. The average Bonchev–Trinajstić information content (AvgIpc) is 3.25. The zero-order valence-electron chi connectivity index (χ0n) is 13.3. The van der Waals surface area contributed by atoms with Crippen LogP contribution >= 0.6 is 15.9 Å². The van der Waals surface area contributed by atoms with Gasteiger partial charge in [0.05, 0.1) is 23.9 Å². The molecule has 7 heteroatoms. The predicted molar refractivity (Wildman–Crippen MR) is 93.9 cm³/mol. The standard InChI is InChI=1S/C17H19BrN4O2/c18-16-14-8-13(9-19)24-15(14)10-20-17(16)21-11-1-2-12(7-11)22-3-5-23-6-4-22/h8,10-12H,1-7H2,(H,20,21)/t11-,12-/m0/s1. The summed E-state index contributed by atoms with van der Waals surface area (Å²) in [7, 11) is 0. The number of anilines is 1. The number of halogens is 1. The summed E-state index contributed by atoms with van der Waals surface area (Å²) < 4.78 is 11.7. The molecule has 1 saturated heterocycles. The molecule has 2 aromatic heterocycles. The summed E-state index contributed by atoms with van der Waals surface area (Å²) in [4.78, 5) is 7.01. The molecule has 2 aliphatic rings. The first-order valence-corrected chi connectivity index (χ1v) is 9.10. The quantitative estimate of drug-likeness (QED) is 0.867. The summed E-state index contributed by atoms with van der Waals surface area (Å²) in [5.41, 5.74) is 0.626. The van der Waals surface area contributed by atoms with Crippen LogP contribution in [-0.2, 0) is 4.74 Å². The van der Waals surface area contributed by atoms with Gasteiger partial charge in [-0.1, -0.05) is 0 Å². The van der Waals surface area contributed by atoms with Gasteiger partial charge in [-0.2, -0.15) is 5.26 Å². The second-order valence-electron chi connectivity index (χ2n) is 6.38. The maximum Gasteiger partial charge on any atom is 0.204 e. The van der Waals surface area contributed by atoms with E-state index in [0.717, 1.165) is 54.8 Å². The molecule has 6 nitrogen and oxygen atoms in total. The Hall–Kier alpha value is -1.62. The molecule has 0 amide bonds. The van der Waals surface area contributed by atoms with E-state index in [2.05, 4.69) is 31.1 Å². The maximum atomic E-state index is 8.97. The Kier molecular flexibility index (Phi) is 4.44. The lowest BCUT2D eigenvalue weighted by molar-refractivity contribution is 0.0179. The van der Waals surface area contributed by atoms with Crippen molar-refractivity contribution >= 4 is 32.7 Å². The van der Waals surface area contributed by atoms with Crippen molar-refractivity contribution < 1.29 is 9.15 Å². The molecular formula is C17H19BrN4O2. The molecule has 4 rings (SSSR count). The zero-order chi connectivity index (χ0) is 16.5. The van der Waals surface area contributed by atoms with Crippen LogP contribution in [-0.4, -0.2) is 48.3 Å². The average molecular weight is 391 g/mol. The maximum absolute atomic E-state index is 8.97. The third kappa shape index (κ3) is 3.02. The minimum Gasteiger partial charge on any atom is -0.444 e. The van der Waals surface area contributed by atoms with E-state index in [-0.39, 0.29) is 0 Å². The Balaban J connectivity index is 1.46. The summed E-state index contributed by atoms with van der Waals surface area (Å²) in [5.74, 6) is 1.12. The fraction of sp³-hybridized carbons (Fsp3) is 0.529. The Morgan fingerprint density at radius 3 is 2.96 bits per heavy atom. The van der Waals surface area contributed by atoms with Crippen LogP contribution < -0.4 is 5.32 Å². The van der Waals surface area contributed by atoms with Gasteiger partial charge in [0, 0.05) is 36.6 Å². The van der Waals surface area contributed by atoms with E-state index in [9.17, 15) is 0 Å². The van der Waals surface area contributed by atoms with Crippen molar-refractivity contribution in [1.29, 1.82) is 5.26 Å². The van der Waals surface area contributed by atoms with E-state index in [4.69, 9.17) is 14.4 Å². The number of nitrogens with one attached hydrogen (secondary N) is 1. The van der Waals surface area contributed by atoms with Gasteiger partial charge in [-0.25, -0.2) is 4.98 Å². The summed E-state index contributed by atoms with van der Waals surface area (Å²) >= 11 is 3.60. The SMILES string of the molecule is N#Cc1cc2c(Br)c(N[C@H]3CC[C@H](N4CCOCC4)C3)ncc2o1. The molecule has 1 aliphatic carbocycles. The van der Waals surface area contributed by atoms with Crippen LogP contribution in [0.15, 0.2) is 21.2 Å². The van der Waals surface area contributed by atoms with E-state index in [1.807, 2.05) is 6.07 Å². The lowest BCUT2D eigenvalue weighted by atomic mass is 10.2. The van der Waals surface area contributed by atoms with Crippen molar-refractivity contribution in [2.75, 3.05) is 31.6 Å². The molecule has 1 aliphatic heterocycles. The number of ether oxygens (including phenoxy) is 1. The molecule has 0 unspecified atom stereocenters. The van der Waals surface area contributed by atoms with Crippen molar-refractivity contribution in [3.05, 3.63) is 22.5 Å². The molecule has 3 heterocycles. The van der Waals surface area contributed by atoms with Gasteiger partial charge in [0.15, 0.2) is 5.58 Å². The minimum absolute atomic E-state index is 0.304. The number of hydrogen-bond donors (Lipinski definition) is 1.